The Balaban J connectivity index is 1.35. The first-order valence-corrected chi connectivity index (χ1v) is 12.4. The lowest BCUT2D eigenvalue weighted by molar-refractivity contribution is -0.353. The number of fused-ring (bicyclic) bond motifs is 1. The van der Waals surface area contributed by atoms with Gasteiger partial charge in [0.15, 0.2) is 12.6 Å². The van der Waals surface area contributed by atoms with E-state index in [1.165, 1.54) is 0 Å². The Morgan fingerprint density at radius 3 is 2.32 bits per heavy atom. The van der Waals surface area contributed by atoms with Crippen molar-refractivity contribution in [2.24, 2.45) is 0 Å². The van der Waals surface area contributed by atoms with Crippen LogP contribution in [0.3, 0.4) is 0 Å². The van der Waals surface area contributed by atoms with Gasteiger partial charge in [0.25, 0.3) is 0 Å². The van der Waals surface area contributed by atoms with E-state index in [0.717, 1.165) is 22.4 Å². The summed E-state index contributed by atoms with van der Waals surface area (Å²) in [5.74, 6) is 0. The molecule has 6 rings (SSSR count). The van der Waals surface area contributed by atoms with Crippen LogP contribution >= 0.6 is 0 Å². The SMILES string of the molecule is CO[C@H]1O[C@@H]2CO[C@@H](c3ccccc3)O[C@H]2[C@@H](n2cc(-c3ccccc3)nn2)[C@@H]1OCc1ccccc1. The molecule has 1 aromatic heterocycles. The van der Waals surface area contributed by atoms with Crippen LogP contribution in [0, 0.1) is 0 Å². The average Bonchev–Trinajstić information content (AvgIpc) is 3.46. The second kappa shape index (κ2) is 10.9. The van der Waals surface area contributed by atoms with Crippen LogP contribution < -0.4 is 0 Å². The van der Waals surface area contributed by atoms with E-state index in [4.69, 9.17) is 23.7 Å². The second-order valence-electron chi connectivity index (χ2n) is 9.16. The summed E-state index contributed by atoms with van der Waals surface area (Å²) in [7, 11) is 1.62. The van der Waals surface area contributed by atoms with Gasteiger partial charge in [0, 0.05) is 18.2 Å². The van der Waals surface area contributed by atoms with E-state index >= 15 is 0 Å². The Morgan fingerprint density at radius 2 is 1.59 bits per heavy atom. The third-order valence-electron chi connectivity index (χ3n) is 6.78. The van der Waals surface area contributed by atoms with Gasteiger partial charge in [-0.3, -0.25) is 0 Å². The molecule has 190 valence electrons. The summed E-state index contributed by atoms with van der Waals surface area (Å²) in [6, 6.07) is 29.5. The fraction of sp³-hybridized carbons (Fsp3) is 0.310. The fourth-order valence-corrected chi connectivity index (χ4v) is 4.94. The number of benzene rings is 3. The predicted molar refractivity (Wildman–Crippen MR) is 135 cm³/mol. The van der Waals surface area contributed by atoms with Crippen LogP contribution in [0.5, 0.6) is 0 Å². The van der Waals surface area contributed by atoms with Crippen LogP contribution in [0.4, 0.5) is 0 Å². The van der Waals surface area contributed by atoms with Crippen molar-refractivity contribution in [1.82, 2.24) is 15.0 Å². The maximum atomic E-state index is 6.56. The highest BCUT2D eigenvalue weighted by Crippen LogP contribution is 2.41. The summed E-state index contributed by atoms with van der Waals surface area (Å²) < 4.78 is 33.0. The molecule has 3 heterocycles. The van der Waals surface area contributed by atoms with Gasteiger partial charge in [0.1, 0.15) is 30.0 Å². The molecule has 0 N–H and O–H groups in total. The minimum atomic E-state index is -0.639. The molecule has 0 unspecified atom stereocenters. The predicted octanol–water partition coefficient (Wildman–Crippen LogP) is 4.56. The maximum absolute atomic E-state index is 6.56. The highest BCUT2D eigenvalue weighted by molar-refractivity contribution is 5.57. The van der Waals surface area contributed by atoms with Gasteiger partial charge < -0.3 is 23.7 Å². The molecule has 8 nitrogen and oxygen atoms in total. The summed E-state index contributed by atoms with van der Waals surface area (Å²) >= 11 is 0. The minimum Gasteiger partial charge on any atom is -0.366 e. The molecule has 0 amide bonds. The number of nitrogens with zero attached hydrogens (tertiary/aromatic N) is 3. The van der Waals surface area contributed by atoms with Gasteiger partial charge in [-0.05, 0) is 5.56 Å². The van der Waals surface area contributed by atoms with Crippen LogP contribution in [0.2, 0.25) is 0 Å². The van der Waals surface area contributed by atoms with Crippen molar-refractivity contribution in [3.63, 3.8) is 0 Å². The van der Waals surface area contributed by atoms with Crippen molar-refractivity contribution in [3.05, 3.63) is 108 Å². The van der Waals surface area contributed by atoms with E-state index in [-0.39, 0.29) is 12.1 Å². The number of methoxy groups -OCH3 is 1. The summed E-state index contributed by atoms with van der Waals surface area (Å²) in [6.45, 7) is 0.744. The van der Waals surface area contributed by atoms with Gasteiger partial charge in [0.05, 0.1) is 19.4 Å². The zero-order chi connectivity index (χ0) is 25.0. The van der Waals surface area contributed by atoms with E-state index in [2.05, 4.69) is 10.3 Å². The largest absolute Gasteiger partial charge is 0.366 e. The number of ether oxygens (including phenoxy) is 5. The van der Waals surface area contributed by atoms with Crippen LogP contribution in [0.25, 0.3) is 11.3 Å². The summed E-state index contributed by atoms with van der Waals surface area (Å²) in [6.07, 6.45) is -0.511. The molecule has 0 radical (unpaired) electrons. The number of hydrogen-bond donors (Lipinski definition) is 0. The molecule has 0 saturated carbocycles. The summed E-state index contributed by atoms with van der Waals surface area (Å²) in [5.41, 5.74) is 3.75. The highest BCUT2D eigenvalue weighted by atomic mass is 16.8. The van der Waals surface area contributed by atoms with Gasteiger partial charge >= 0.3 is 0 Å². The van der Waals surface area contributed by atoms with Crippen LogP contribution in [-0.2, 0) is 30.3 Å². The van der Waals surface area contributed by atoms with Crippen molar-refractivity contribution < 1.29 is 23.7 Å². The highest BCUT2D eigenvalue weighted by Gasteiger charge is 2.52. The lowest BCUT2D eigenvalue weighted by Gasteiger charge is -2.48. The van der Waals surface area contributed by atoms with Crippen LogP contribution in [-0.4, -0.2) is 53.3 Å². The van der Waals surface area contributed by atoms with Gasteiger partial charge in [-0.15, -0.1) is 5.10 Å². The molecule has 0 aliphatic carbocycles. The molecule has 2 aliphatic heterocycles. The molecule has 0 bridgehead atoms. The molecule has 8 heteroatoms. The average molecular weight is 500 g/mol. The maximum Gasteiger partial charge on any atom is 0.186 e. The molecule has 4 aromatic rings. The second-order valence-corrected chi connectivity index (χ2v) is 9.16. The standard InChI is InChI=1S/C29H29N3O5/c1-33-29-27(34-18-20-11-5-2-6-12-20)25(32-17-23(30-31-32)21-13-7-3-8-14-21)26-24(36-29)19-35-28(37-26)22-15-9-4-10-16-22/h2-17,24-29H,18-19H2,1H3/t24-,25-,26-,27+,28-,29+/m1/s1. The van der Waals surface area contributed by atoms with Crippen molar-refractivity contribution in [2.75, 3.05) is 13.7 Å². The zero-order valence-electron chi connectivity index (χ0n) is 20.5. The van der Waals surface area contributed by atoms with Gasteiger partial charge in [0.2, 0.25) is 0 Å². The quantitative estimate of drug-likeness (QED) is 0.369. The summed E-state index contributed by atoms with van der Waals surface area (Å²) in [5, 5.41) is 9.00. The molecule has 6 atom stereocenters. The fourth-order valence-electron chi connectivity index (χ4n) is 4.94. The van der Waals surface area contributed by atoms with E-state index in [9.17, 15) is 0 Å². The van der Waals surface area contributed by atoms with Gasteiger partial charge in [-0.1, -0.05) is 96.2 Å². The van der Waals surface area contributed by atoms with E-state index < -0.39 is 24.8 Å². The lowest BCUT2D eigenvalue weighted by Crippen LogP contribution is -2.60. The Morgan fingerprint density at radius 1 is 0.892 bits per heavy atom. The number of aromatic nitrogens is 3. The Kier molecular flexibility index (Phi) is 7.07. The van der Waals surface area contributed by atoms with Crippen LogP contribution in [0.15, 0.2) is 97.2 Å². The van der Waals surface area contributed by atoms with Crippen molar-refractivity contribution in [1.29, 1.82) is 0 Å². The number of hydrogen-bond acceptors (Lipinski definition) is 7. The smallest absolute Gasteiger partial charge is 0.186 e. The Labute approximate surface area is 215 Å². The van der Waals surface area contributed by atoms with Gasteiger partial charge in [-0.2, -0.15) is 0 Å². The third-order valence-corrected chi connectivity index (χ3v) is 6.78. The lowest BCUT2D eigenvalue weighted by atomic mass is 9.94. The summed E-state index contributed by atoms with van der Waals surface area (Å²) in [4.78, 5) is 0. The van der Waals surface area contributed by atoms with E-state index in [1.54, 1.807) is 7.11 Å². The molecular formula is C29H29N3O5. The van der Waals surface area contributed by atoms with Crippen LogP contribution in [0.1, 0.15) is 23.5 Å². The van der Waals surface area contributed by atoms with Crippen molar-refractivity contribution in [3.8, 4) is 11.3 Å². The first-order valence-electron chi connectivity index (χ1n) is 12.4. The molecule has 2 aliphatic rings. The Hall–Kier alpha value is -3.40. The molecular weight excluding hydrogens is 470 g/mol. The molecule has 2 fully saturated rings. The third kappa shape index (κ3) is 5.07. The zero-order valence-corrected chi connectivity index (χ0v) is 20.5. The molecule has 0 spiro atoms. The van der Waals surface area contributed by atoms with Crippen molar-refractivity contribution in [2.45, 2.75) is 43.5 Å². The number of rotatable bonds is 7. The van der Waals surface area contributed by atoms with Gasteiger partial charge in [-0.25, -0.2) is 4.68 Å². The molecule has 2 saturated heterocycles. The first-order chi connectivity index (χ1) is 18.3. The minimum absolute atomic E-state index is 0.353. The first kappa shape index (κ1) is 24.0. The van der Waals surface area contributed by atoms with E-state index in [0.29, 0.717) is 13.2 Å². The monoisotopic (exact) mass is 499 g/mol. The topological polar surface area (TPSA) is 76.9 Å². The Bertz CT molecular complexity index is 1260. The molecule has 37 heavy (non-hydrogen) atoms. The normalized spacial score (nSPS) is 27.5. The van der Waals surface area contributed by atoms with E-state index in [1.807, 2.05) is 102 Å². The molecule has 3 aromatic carbocycles. The van der Waals surface area contributed by atoms with Crippen molar-refractivity contribution >= 4 is 0 Å².